The zero-order chi connectivity index (χ0) is 20.2. The van der Waals surface area contributed by atoms with Gasteiger partial charge in [-0.25, -0.2) is 4.68 Å². The van der Waals surface area contributed by atoms with Crippen LogP contribution in [0.2, 0.25) is 0 Å². The number of carbonyl (C=O) groups is 1. The summed E-state index contributed by atoms with van der Waals surface area (Å²) in [4.78, 5) is 31.3. The minimum absolute atomic E-state index is 0.0689. The number of piperidine rings is 1. The van der Waals surface area contributed by atoms with Gasteiger partial charge in [0.1, 0.15) is 0 Å². The van der Waals surface area contributed by atoms with Crippen LogP contribution in [0.25, 0.3) is 11.3 Å². The number of hydrogen-bond donors (Lipinski definition) is 1. The van der Waals surface area contributed by atoms with Gasteiger partial charge in [0.15, 0.2) is 0 Å². The van der Waals surface area contributed by atoms with Gasteiger partial charge in [-0.3, -0.25) is 14.6 Å². The van der Waals surface area contributed by atoms with Crippen LogP contribution < -0.4 is 10.9 Å². The molecule has 2 aliphatic rings. The van der Waals surface area contributed by atoms with Crippen molar-refractivity contribution in [1.82, 2.24) is 25.0 Å². The van der Waals surface area contributed by atoms with Crippen molar-refractivity contribution in [2.45, 2.75) is 50.6 Å². The van der Waals surface area contributed by atoms with Crippen molar-refractivity contribution in [1.29, 1.82) is 0 Å². The van der Waals surface area contributed by atoms with Crippen LogP contribution in [-0.2, 0) is 4.79 Å². The van der Waals surface area contributed by atoms with Crippen molar-refractivity contribution >= 4 is 5.91 Å². The van der Waals surface area contributed by atoms with E-state index in [2.05, 4.69) is 27.3 Å². The van der Waals surface area contributed by atoms with Crippen LogP contribution in [0.4, 0.5) is 0 Å². The molecular formula is C22H29N5O2. The third-order valence-electron chi connectivity index (χ3n) is 6.19. The summed E-state index contributed by atoms with van der Waals surface area (Å²) in [6, 6.07) is 7.43. The van der Waals surface area contributed by atoms with E-state index in [9.17, 15) is 9.59 Å². The highest BCUT2D eigenvalue weighted by molar-refractivity contribution is 5.79. The first-order chi connectivity index (χ1) is 14.1. The molecule has 1 atom stereocenters. The lowest BCUT2D eigenvalue weighted by Gasteiger charge is -2.33. The van der Waals surface area contributed by atoms with Gasteiger partial charge >= 0.3 is 0 Å². The molecule has 2 aromatic rings. The second-order valence-corrected chi connectivity index (χ2v) is 8.35. The number of nitrogens with one attached hydrogen (secondary N) is 1. The van der Waals surface area contributed by atoms with Gasteiger partial charge in [-0.15, -0.1) is 0 Å². The van der Waals surface area contributed by atoms with Gasteiger partial charge in [0.2, 0.25) is 5.91 Å². The largest absolute Gasteiger partial charge is 0.353 e. The summed E-state index contributed by atoms with van der Waals surface area (Å²) in [5.41, 5.74) is 1.66. The standard InChI is InChI=1S/C22H29N5O2/c1-26-14-2-3-17(15-26)22(29)24-18-4-6-19(7-5-18)27-21(28)9-8-20(25-27)16-10-12-23-13-11-16/h8-13,17-19H,2-7,14-15H2,1H3,(H,24,29). The number of carbonyl (C=O) groups excluding carboxylic acids is 1. The number of rotatable bonds is 4. The highest BCUT2D eigenvalue weighted by atomic mass is 16.2. The first-order valence-electron chi connectivity index (χ1n) is 10.6. The summed E-state index contributed by atoms with van der Waals surface area (Å²) in [6.45, 7) is 1.93. The third kappa shape index (κ3) is 4.72. The molecule has 4 rings (SSSR count). The molecule has 0 spiro atoms. The lowest BCUT2D eigenvalue weighted by atomic mass is 9.90. The van der Waals surface area contributed by atoms with Gasteiger partial charge in [0.05, 0.1) is 17.7 Å². The Balaban J connectivity index is 1.37. The minimum Gasteiger partial charge on any atom is -0.353 e. The van der Waals surface area contributed by atoms with Crippen molar-refractivity contribution in [3.63, 3.8) is 0 Å². The first kappa shape index (κ1) is 19.8. The predicted molar refractivity (Wildman–Crippen MR) is 111 cm³/mol. The molecule has 0 radical (unpaired) electrons. The summed E-state index contributed by atoms with van der Waals surface area (Å²) in [6.07, 6.45) is 8.98. The molecule has 0 bridgehead atoms. The first-order valence-corrected chi connectivity index (χ1v) is 10.6. The average molecular weight is 396 g/mol. The van der Waals surface area contributed by atoms with E-state index in [1.54, 1.807) is 29.2 Å². The number of amides is 1. The maximum atomic E-state index is 12.6. The Labute approximate surface area is 171 Å². The molecule has 1 aliphatic carbocycles. The van der Waals surface area contributed by atoms with Crippen molar-refractivity contribution in [3.8, 4) is 11.3 Å². The van der Waals surface area contributed by atoms with E-state index in [0.717, 1.165) is 62.9 Å². The summed E-state index contributed by atoms with van der Waals surface area (Å²) in [7, 11) is 2.08. The third-order valence-corrected chi connectivity index (χ3v) is 6.19. The fraction of sp³-hybridized carbons (Fsp3) is 0.545. The molecular weight excluding hydrogens is 366 g/mol. The number of nitrogens with zero attached hydrogens (tertiary/aromatic N) is 4. The minimum atomic E-state index is -0.0689. The molecule has 1 N–H and O–H groups in total. The van der Waals surface area contributed by atoms with Crippen LogP contribution in [0, 0.1) is 5.92 Å². The van der Waals surface area contributed by atoms with E-state index >= 15 is 0 Å². The van der Waals surface area contributed by atoms with Gasteiger partial charge in [0, 0.05) is 36.6 Å². The zero-order valence-electron chi connectivity index (χ0n) is 17.0. The molecule has 2 aromatic heterocycles. The topological polar surface area (TPSA) is 80.1 Å². The van der Waals surface area contributed by atoms with E-state index in [1.807, 2.05) is 12.1 Å². The Bertz CT molecular complexity index is 890. The lowest BCUT2D eigenvalue weighted by Crippen LogP contribution is -2.46. The van der Waals surface area contributed by atoms with Crippen LogP contribution in [-0.4, -0.2) is 51.8 Å². The molecule has 1 aliphatic heterocycles. The summed E-state index contributed by atoms with van der Waals surface area (Å²) >= 11 is 0. The molecule has 7 nitrogen and oxygen atoms in total. The Morgan fingerprint density at radius 1 is 1.07 bits per heavy atom. The summed E-state index contributed by atoms with van der Waals surface area (Å²) in [5.74, 6) is 0.294. The zero-order valence-corrected chi connectivity index (χ0v) is 17.0. The molecule has 1 saturated carbocycles. The molecule has 154 valence electrons. The Kier molecular flexibility index (Phi) is 6.04. The number of aromatic nitrogens is 3. The molecule has 29 heavy (non-hydrogen) atoms. The fourth-order valence-corrected chi connectivity index (χ4v) is 4.53. The number of hydrogen-bond acceptors (Lipinski definition) is 5. The van der Waals surface area contributed by atoms with Crippen LogP contribution in [0.15, 0.2) is 41.5 Å². The second kappa shape index (κ2) is 8.86. The highest BCUT2D eigenvalue weighted by Gasteiger charge is 2.29. The molecule has 1 amide bonds. The molecule has 1 unspecified atom stereocenters. The van der Waals surface area contributed by atoms with Crippen LogP contribution in [0.1, 0.15) is 44.6 Å². The molecule has 7 heteroatoms. The van der Waals surface area contributed by atoms with Gasteiger partial charge in [-0.1, -0.05) is 0 Å². The van der Waals surface area contributed by atoms with Gasteiger partial charge in [0.25, 0.3) is 5.56 Å². The predicted octanol–water partition coefficient (Wildman–Crippen LogP) is 2.25. The smallest absolute Gasteiger partial charge is 0.267 e. The highest BCUT2D eigenvalue weighted by Crippen LogP contribution is 2.28. The van der Waals surface area contributed by atoms with E-state index in [4.69, 9.17) is 0 Å². The summed E-state index contributed by atoms with van der Waals surface area (Å²) in [5, 5.41) is 7.87. The Morgan fingerprint density at radius 3 is 2.55 bits per heavy atom. The van der Waals surface area contributed by atoms with Crippen molar-refractivity contribution in [2.75, 3.05) is 20.1 Å². The van der Waals surface area contributed by atoms with E-state index in [1.165, 1.54) is 0 Å². The second-order valence-electron chi connectivity index (χ2n) is 8.35. The van der Waals surface area contributed by atoms with Crippen LogP contribution in [0.3, 0.4) is 0 Å². The fourth-order valence-electron chi connectivity index (χ4n) is 4.53. The lowest BCUT2D eigenvalue weighted by molar-refractivity contribution is -0.127. The van der Waals surface area contributed by atoms with Crippen LogP contribution in [0.5, 0.6) is 0 Å². The molecule has 0 aromatic carbocycles. The summed E-state index contributed by atoms with van der Waals surface area (Å²) < 4.78 is 1.63. The van der Waals surface area contributed by atoms with Gasteiger partial charge < -0.3 is 10.2 Å². The maximum Gasteiger partial charge on any atom is 0.267 e. The van der Waals surface area contributed by atoms with Crippen molar-refractivity contribution in [3.05, 3.63) is 47.0 Å². The van der Waals surface area contributed by atoms with Crippen molar-refractivity contribution < 1.29 is 4.79 Å². The van der Waals surface area contributed by atoms with Gasteiger partial charge in [-0.2, -0.15) is 5.10 Å². The van der Waals surface area contributed by atoms with E-state index in [-0.39, 0.29) is 29.5 Å². The Morgan fingerprint density at radius 2 is 1.83 bits per heavy atom. The quantitative estimate of drug-likeness (QED) is 0.859. The van der Waals surface area contributed by atoms with Crippen molar-refractivity contribution in [2.24, 2.45) is 5.92 Å². The SMILES string of the molecule is CN1CCCC(C(=O)NC2CCC(n3nc(-c4ccncc4)ccc3=O)CC2)C1. The van der Waals surface area contributed by atoms with E-state index < -0.39 is 0 Å². The molecule has 1 saturated heterocycles. The average Bonchev–Trinajstić information content (AvgIpc) is 2.75. The van der Waals surface area contributed by atoms with Gasteiger partial charge in [-0.05, 0) is 70.3 Å². The van der Waals surface area contributed by atoms with E-state index in [0.29, 0.717) is 0 Å². The maximum absolute atomic E-state index is 12.6. The van der Waals surface area contributed by atoms with Crippen LogP contribution >= 0.6 is 0 Å². The normalized spacial score (nSPS) is 25.5. The molecule has 3 heterocycles. The number of likely N-dealkylation sites (tertiary alicyclic amines) is 1. The Hall–Kier alpha value is -2.54. The monoisotopic (exact) mass is 395 g/mol. The molecule has 2 fully saturated rings. The number of pyridine rings is 1.